The summed E-state index contributed by atoms with van der Waals surface area (Å²) in [5, 5.41) is 16.0. The predicted molar refractivity (Wildman–Crippen MR) is 119 cm³/mol. The Bertz CT molecular complexity index is 964. The summed E-state index contributed by atoms with van der Waals surface area (Å²) in [6, 6.07) is 10.5. The van der Waals surface area contributed by atoms with Crippen molar-refractivity contribution in [2.24, 2.45) is 5.41 Å². The lowest BCUT2D eigenvalue weighted by molar-refractivity contribution is -0.128. The highest BCUT2D eigenvalue weighted by molar-refractivity contribution is 7.89. The molecule has 1 aromatic carbocycles. The summed E-state index contributed by atoms with van der Waals surface area (Å²) >= 11 is 1.42. The van der Waals surface area contributed by atoms with Gasteiger partial charge in [0.25, 0.3) is 0 Å². The molecule has 0 unspecified atom stereocenters. The molecule has 164 valence electrons. The number of thiophene rings is 1. The van der Waals surface area contributed by atoms with Crippen LogP contribution in [0.15, 0.2) is 52.7 Å². The van der Waals surface area contributed by atoms with Gasteiger partial charge in [-0.05, 0) is 42.3 Å². The molecule has 2 aromatic rings. The number of carbonyl (C=O) groups excluding carboxylic acids is 1. The molecule has 0 spiro atoms. The second-order valence-electron chi connectivity index (χ2n) is 9.28. The van der Waals surface area contributed by atoms with Crippen LogP contribution in [0.3, 0.4) is 0 Å². The highest BCUT2D eigenvalue weighted by Crippen LogP contribution is 2.41. The van der Waals surface area contributed by atoms with Crippen molar-refractivity contribution in [1.82, 2.24) is 9.62 Å². The van der Waals surface area contributed by atoms with Gasteiger partial charge in [-0.2, -0.15) is 4.31 Å². The van der Waals surface area contributed by atoms with Crippen LogP contribution in [-0.4, -0.2) is 41.9 Å². The first kappa shape index (κ1) is 22.9. The van der Waals surface area contributed by atoms with E-state index in [0.717, 1.165) is 4.88 Å². The Morgan fingerprint density at radius 3 is 2.47 bits per heavy atom. The Labute approximate surface area is 183 Å². The molecule has 2 N–H and O–H groups in total. The van der Waals surface area contributed by atoms with Gasteiger partial charge in [0.1, 0.15) is 0 Å². The SMILES string of the molecule is CC(C)(C)CC(=O)N[C@H]1[C@H](c2cccs2)N(S(=O)(=O)c2ccccc2)CC[C@@]1(C)O. The molecule has 1 aliphatic heterocycles. The van der Waals surface area contributed by atoms with Gasteiger partial charge in [0, 0.05) is 17.8 Å². The van der Waals surface area contributed by atoms with Crippen molar-refractivity contribution in [3.05, 3.63) is 52.7 Å². The van der Waals surface area contributed by atoms with E-state index in [-0.39, 0.29) is 35.6 Å². The summed E-state index contributed by atoms with van der Waals surface area (Å²) < 4.78 is 28.4. The largest absolute Gasteiger partial charge is 0.388 e. The fourth-order valence-electron chi connectivity index (χ4n) is 3.84. The quantitative estimate of drug-likeness (QED) is 0.729. The first-order chi connectivity index (χ1) is 13.9. The summed E-state index contributed by atoms with van der Waals surface area (Å²) in [6.07, 6.45) is 0.504. The molecular weight excluding hydrogens is 420 g/mol. The second kappa shape index (κ2) is 8.42. The normalized spacial score (nSPS) is 25.8. The van der Waals surface area contributed by atoms with Crippen LogP contribution in [0.4, 0.5) is 0 Å². The third kappa shape index (κ3) is 4.94. The number of carbonyl (C=O) groups is 1. The van der Waals surface area contributed by atoms with Crippen LogP contribution < -0.4 is 5.32 Å². The van der Waals surface area contributed by atoms with Crippen LogP contribution in [0, 0.1) is 5.41 Å². The Balaban J connectivity index is 2.03. The van der Waals surface area contributed by atoms with Crippen LogP contribution in [0.1, 0.15) is 51.5 Å². The first-order valence-corrected chi connectivity index (χ1v) is 12.4. The van der Waals surface area contributed by atoms with Gasteiger partial charge in [0.15, 0.2) is 0 Å². The molecule has 1 aliphatic rings. The number of benzene rings is 1. The van der Waals surface area contributed by atoms with E-state index in [2.05, 4.69) is 5.32 Å². The summed E-state index contributed by atoms with van der Waals surface area (Å²) in [7, 11) is -3.81. The summed E-state index contributed by atoms with van der Waals surface area (Å²) in [5.41, 5.74) is -1.47. The molecule has 1 fully saturated rings. The number of hydrogen-bond acceptors (Lipinski definition) is 5. The number of hydrogen-bond donors (Lipinski definition) is 2. The molecule has 30 heavy (non-hydrogen) atoms. The number of nitrogens with one attached hydrogen (secondary N) is 1. The van der Waals surface area contributed by atoms with E-state index in [0.29, 0.717) is 0 Å². The van der Waals surface area contributed by atoms with Crippen LogP contribution in [0.5, 0.6) is 0 Å². The van der Waals surface area contributed by atoms with Gasteiger partial charge in [-0.15, -0.1) is 11.3 Å². The zero-order valence-electron chi connectivity index (χ0n) is 17.8. The molecule has 0 saturated carbocycles. The topological polar surface area (TPSA) is 86.7 Å². The molecule has 0 radical (unpaired) electrons. The lowest BCUT2D eigenvalue weighted by atomic mass is 9.82. The Morgan fingerprint density at radius 2 is 1.90 bits per heavy atom. The number of piperidine rings is 1. The van der Waals surface area contributed by atoms with Crippen molar-refractivity contribution >= 4 is 27.3 Å². The predicted octanol–water partition coefficient (Wildman–Crippen LogP) is 3.56. The molecule has 0 bridgehead atoms. The number of sulfonamides is 1. The van der Waals surface area contributed by atoms with Crippen LogP contribution in [-0.2, 0) is 14.8 Å². The molecule has 1 amide bonds. The van der Waals surface area contributed by atoms with Gasteiger partial charge in [0.05, 0.1) is 22.6 Å². The van der Waals surface area contributed by atoms with Crippen molar-refractivity contribution in [2.75, 3.05) is 6.54 Å². The average molecular weight is 451 g/mol. The van der Waals surface area contributed by atoms with E-state index in [1.165, 1.54) is 15.6 Å². The second-order valence-corrected chi connectivity index (χ2v) is 12.1. The smallest absolute Gasteiger partial charge is 0.243 e. The maximum Gasteiger partial charge on any atom is 0.243 e. The molecule has 6 nitrogen and oxygen atoms in total. The van der Waals surface area contributed by atoms with Crippen LogP contribution in [0.25, 0.3) is 0 Å². The highest BCUT2D eigenvalue weighted by Gasteiger charge is 2.50. The zero-order valence-corrected chi connectivity index (χ0v) is 19.5. The van der Waals surface area contributed by atoms with E-state index in [9.17, 15) is 18.3 Å². The van der Waals surface area contributed by atoms with Gasteiger partial charge in [-0.3, -0.25) is 4.79 Å². The average Bonchev–Trinajstić information content (AvgIpc) is 3.16. The summed E-state index contributed by atoms with van der Waals surface area (Å²) in [4.78, 5) is 13.8. The van der Waals surface area contributed by atoms with E-state index in [1.807, 2.05) is 38.3 Å². The van der Waals surface area contributed by atoms with E-state index < -0.39 is 27.7 Å². The van der Waals surface area contributed by atoms with Gasteiger partial charge < -0.3 is 10.4 Å². The highest BCUT2D eigenvalue weighted by atomic mass is 32.2. The van der Waals surface area contributed by atoms with Crippen molar-refractivity contribution in [1.29, 1.82) is 0 Å². The van der Waals surface area contributed by atoms with Crippen molar-refractivity contribution in [3.63, 3.8) is 0 Å². The van der Waals surface area contributed by atoms with Crippen molar-refractivity contribution in [3.8, 4) is 0 Å². The minimum absolute atomic E-state index is 0.165. The van der Waals surface area contributed by atoms with E-state index in [4.69, 9.17) is 0 Å². The minimum atomic E-state index is -3.81. The number of amides is 1. The molecular formula is C22H30N2O4S2. The number of aliphatic hydroxyl groups is 1. The van der Waals surface area contributed by atoms with Gasteiger partial charge in [-0.1, -0.05) is 45.0 Å². The van der Waals surface area contributed by atoms with E-state index >= 15 is 0 Å². The maximum atomic E-state index is 13.5. The standard InChI is InChI=1S/C22H30N2O4S2/c1-21(2,3)15-18(25)23-20-19(17-11-8-14-29-17)24(13-12-22(20,4)26)30(27,28)16-9-6-5-7-10-16/h5-11,14,19-20,26H,12-13,15H2,1-4H3,(H,23,25)/t19-,20-,22+/m0/s1. The van der Waals surface area contributed by atoms with Crippen molar-refractivity contribution in [2.45, 2.75) is 63.1 Å². The lowest BCUT2D eigenvalue weighted by Gasteiger charge is -2.48. The van der Waals surface area contributed by atoms with Gasteiger partial charge >= 0.3 is 0 Å². The number of nitrogens with zero attached hydrogens (tertiary/aromatic N) is 1. The van der Waals surface area contributed by atoms with Crippen LogP contribution >= 0.6 is 11.3 Å². The number of rotatable bonds is 5. The zero-order chi connectivity index (χ0) is 22.2. The third-order valence-electron chi connectivity index (χ3n) is 5.33. The Morgan fingerprint density at radius 1 is 1.23 bits per heavy atom. The van der Waals surface area contributed by atoms with Crippen LogP contribution in [0.2, 0.25) is 0 Å². The first-order valence-electron chi connectivity index (χ1n) is 10.0. The monoisotopic (exact) mass is 450 g/mol. The van der Waals surface area contributed by atoms with Gasteiger partial charge in [0.2, 0.25) is 15.9 Å². The molecule has 1 saturated heterocycles. The Hall–Kier alpha value is -1.74. The summed E-state index contributed by atoms with van der Waals surface area (Å²) in [5.74, 6) is -0.201. The molecule has 3 rings (SSSR count). The molecule has 3 atom stereocenters. The minimum Gasteiger partial charge on any atom is -0.388 e. The van der Waals surface area contributed by atoms with E-state index in [1.54, 1.807) is 37.3 Å². The fraction of sp³-hybridized carbons (Fsp3) is 0.500. The summed E-state index contributed by atoms with van der Waals surface area (Å²) in [6.45, 7) is 7.73. The molecule has 8 heteroatoms. The third-order valence-corrected chi connectivity index (χ3v) is 8.16. The molecule has 0 aliphatic carbocycles. The molecule has 2 heterocycles. The Kier molecular flexibility index (Phi) is 6.43. The maximum absolute atomic E-state index is 13.5. The lowest BCUT2D eigenvalue weighted by Crippen LogP contribution is -2.63. The molecule has 1 aromatic heterocycles. The van der Waals surface area contributed by atoms with Gasteiger partial charge in [-0.25, -0.2) is 8.42 Å². The van der Waals surface area contributed by atoms with Crippen molar-refractivity contribution < 1.29 is 18.3 Å². The fourth-order valence-corrected chi connectivity index (χ4v) is 6.42.